The molecule has 162 valence electrons. The van der Waals surface area contributed by atoms with E-state index in [9.17, 15) is 14.4 Å². The number of aryl methyl sites for hydroxylation is 2. The summed E-state index contributed by atoms with van der Waals surface area (Å²) in [6.07, 6.45) is 3.45. The summed E-state index contributed by atoms with van der Waals surface area (Å²) in [7, 11) is 1.84. The van der Waals surface area contributed by atoms with Crippen LogP contribution in [-0.4, -0.2) is 33.9 Å². The Balaban J connectivity index is 1.72. The molecule has 0 aliphatic heterocycles. The van der Waals surface area contributed by atoms with Gasteiger partial charge in [0.25, 0.3) is 5.91 Å². The lowest BCUT2D eigenvalue weighted by Crippen LogP contribution is -2.34. The number of amides is 2. The normalized spacial score (nSPS) is 11.6. The highest BCUT2D eigenvalue weighted by atomic mass is 32.1. The molecule has 0 saturated carbocycles. The number of rotatable bonds is 7. The third kappa shape index (κ3) is 5.18. The van der Waals surface area contributed by atoms with Gasteiger partial charge in [0.2, 0.25) is 5.91 Å². The Hall–Kier alpha value is -3.46. The summed E-state index contributed by atoms with van der Waals surface area (Å²) in [5.74, 6) is -0.748. The first-order valence-corrected chi connectivity index (χ1v) is 10.5. The number of nitrogens with one attached hydrogen (secondary N) is 2. The first kappa shape index (κ1) is 22.2. The topological polar surface area (TPSA) is 102 Å². The van der Waals surface area contributed by atoms with Crippen LogP contribution >= 0.6 is 11.3 Å². The van der Waals surface area contributed by atoms with E-state index in [2.05, 4.69) is 15.6 Å². The van der Waals surface area contributed by atoms with Gasteiger partial charge < -0.3 is 19.9 Å². The molecule has 0 aliphatic carbocycles. The van der Waals surface area contributed by atoms with Crippen LogP contribution < -0.4 is 10.6 Å². The Labute approximate surface area is 184 Å². The minimum Gasteiger partial charge on any atom is -0.452 e. The van der Waals surface area contributed by atoms with Crippen molar-refractivity contribution in [2.45, 2.75) is 26.8 Å². The molecular formula is C22H24N4O4S. The molecule has 0 spiro atoms. The Morgan fingerprint density at radius 1 is 1.19 bits per heavy atom. The van der Waals surface area contributed by atoms with Crippen molar-refractivity contribution in [1.29, 1.82) is 0 Å². The average Bonchev–Trinajstić information content (AvgIpc) is 3.27. The second-order valence-electron chi connectivity index (χ2n) is 7.05. The zero-order valence-corrected chi connectivity index (χ0v) is 18.6. The number of hydrogen-bond acceptors (Lipinski definition) is 6. The molecule has 2 N–H and O–H groups in total. The highest BCUT2D eigenvalue weighted by Crippen LogP contribution is 2.33. The highest BCUT2D eigenvalue weighted by molar-refractivity contribution is 7.16. The van der Waals surface area contributed by atoms with Crippen molar-refractivity contribution < 1.29 is 19.1 Å². The average molecular weight is 441 g/mol. The molecule has 3 aromatic rings. The van der Waals surface area contributed by atoms with E-state index in [0.717, 1.165) is 10.4 Å². The molecule has 2 heterocycles. The van der Waals surface area contributed by atoms with Gasteiger partial charge in [-0.15, -0.1) is 11.3 Å². The van der Waals surface area contributed by atoms with Crippen LogP contribution in [0, 0.1) is 13.8 Å². The van der Waals surface area contributed by atoms with Crippen molar-refractivity contribution in [2.24, 2.45) is 7.05 Å². The zero-order valence-electron chi connectivity index (χ0n) is 17.8. The number of anilines is 1. The van der Waals surface area contributed by atoms with Gasteiger partial charge in [-0.1, -0.05) is 30.3 Å². The van der Waals surface area contributed by atoms with Gasteiger partial charge in [-0.25, -0.2) is 9.78 Å². The molecule has 0 aliphatic rings. The SMILES string of the molecule is CC(=O)Nc1sc(C)c(C)c1C(=O)OCC(=O)NC(c1ccccc1)c1nccn1C. The maximum absolute atomic E-state index is 12.7. The molecular weight excluding hydrogens is 416 g/mol. The van der Waals surface area contributed by atoms with E-state index < -0.39 is 24.5 Å². The number of thiophene rings is 1. The third-order valence-corrected chi connectivity index (χ3v) is 5.89. The standard InChI is InChI=1S/C22H24N4O4S/c1-13-14(2)31-21(24-15(3)27)18(13)22(29)30-12-17(28)25-19(16-8-6-5-7-9-16)20-23-10-11-26(20)4/h5-11,19H,12H2,1-4H3,(H,24,27)(H,25,28). The maximum Gasteiger partial charge on any atom is 0.341 e. The van der Waals surface area contributed by atoms with Gasteiger partial charge in [-0.05, 0) is 25.0 Å². The van der Waals surface area contributed by atoms with Crippen LogP contribution in [0.5, 0.6) is 0 Å². The summed E-state index contributed by atoms with van der Waals surface area (Å²) in [6.45, 7) is 4.54. The molecule has 0 saturated heterocycles. The fourth-order valence-corrected chi connectivity index (χ4v) is 4.22. The van der Waals surface area contributed by atoms with E-state index in [1.54, 1.807) is 19.3 Å². The molecule has 0 fully saturated rings. The molecule has 0 bridgehead atoms. The summed E-state index contributed by atoms with van der Waals surface area (Å²) in [5, 5.41) is 5.95. The van der Waals surface area contributed by atoms with Crippen molar-refractivity contribution >= 4 is 34.1 Å². The molecule has 0 radical (unpaired) electrons. The lowest BCUT2D eigenvalue weighted by Gasteiger charge is -2.19. The molecule has 3 rings (SSSR count). The summed E-state index contributed by atoms with van der Waals surface area (Å²) in [4.78, 5) is 42.0. The monoisotopic (exact) mass is 440 g/mol. The number of ether oxygens (including phenoxy) is 1. The second kappa shape index (κ2) is 9.57. The number of nitrogens with zero attached hydrogens (tertiary/aromatic N) is 2. The molecule has 9 heteroatoms. The summed E-state index contributed by atoms with van der Waals surface area (Å²) < 4.78 is 7.09. The van der Waals surface area contributed by atoms with E-state index in [-0.39, 0.29) is 11.5 Å². The number of benzene rings is 1. The number of hydrogen-bond donors (Lipinski definition) is 2. The van der Waals surface area contributed by atoms with E-state index in [0.29, 0.717) is 16.4 Å². The van der Waals surface area contributed by atoms with E-state index in [1.807, 2.05) is 48.9 Å². The maximum atomic E-state index is 12.7. The van der Waals surface area contributed by atoms with Gasteiger partial charge in [0.15, 0.2) is 6.61 Å². The van der Waals surface area contributed by atoms with Gasteiger partial charge >= 0.3 is 5.97 Å². The Morgan fingerprint density at radius 2 is 1.90 bits per heavy atom. The number of aromatic nitrogens is 2. The van der Waals surface area contributed by atoms with Crippen LogP contribution in [0.2, 0.25) is 0 Å². The predicted molar refractivity (Wildman–Crippen MR) is 118 cm³/mol. The van der Waals surface area contributed by atoms with Crippen molar-refractivity contribution in [2.75, 3.05) is 11.9 Å². The van der Waals surface area contributed by atoms with Crippen LogP contribution in [0.1, 0.15) is 45.2 Å². The Bertz CT molecular complexity index is 1100. The molecule has 2 amide bonds. The predicted octanol–water partition coefficient (Wildman–Crippen LogP) is 3.12. The van der Waals surface area contributed by atoms with Crippen molar-refractivity contribution in [3.63, 3.8) is 0 Å². The lowest BCUT2D eigenvalue weighted by atomic mass is 10.1. The van der Waals surface area contributed by atoms with Crippen molar-refractivity contribution in [3.8, 4) is 0 Å². The summed E-state index contributed by atoms with van der Waals surface area (Å²) in [6, 6.07) is 8.93. The first-order chi connectivity index (χ1) is 14.8. The Morgan fingerprint density at radius 3 is 2.52 bits per heavy atom. The molecule has 1 unspecified atom stereocenters. The van der Waals surface area contributed by atoms with E-state index in [1.165, 1.54) is 18.3 Å². The van der Waals surface area contributed by atoms with Crippen LogP contribution in [-0.2, 0) is 21.4 Å². The fourth-order valence-electron chi connectivity index (χ4n) is 3.12. The second-order valence-corrected chi connectivity index (χ2v) is 8.28. The Kier molecular flexibility index (Phi) is 6.86. The fraction of sp³-hybridized carbons (Fsp3) is 0.273. The summed E-state index contributed by atoms with van der Waals surface area (Å²) >= 11 is 1.30. The van der Waals surface area contributed by atoms with E-state index in [4.69, 9.17) is 4.74 Å². The van der Waals surface area contributed by atoms with Crippen LogP contribution in [0.15, 0.2) is 42.7 Å². The van der Waals surface area contributed by atoms with Gasteiger partial charge in [-0.3, -0.25) is 9.59 Å². The molecule has 2 aromatic heterocycles. The number of imidazole rings is 1. The first-order valence-electron chi connectivity index (χ1n) is 9.64. The van der Waals surface area contributed by atoms with Crippen molar-refractivity contribution in [1.82, 2.24) is 14.9 Å². The third-order valence-electron chi connectivity index (χ3n) is 4.77. The minimum absolute atomic E-state index is 0.272. The molecule has 1 aromatic carbocycles. The largest absolute Gasteiger partial charge is 0.452 e. The zero-order chi connectivity index (χ0) is 22.5. The van der Waals surface area contributed by atoms with Gasteiger partial charge in [0, 0.05) is 31.2 Å². The number of carbonyl (C=O) groups is 3. The minimum atomic E-state index is -0.658. The number of carbonyl (C=O) groups excluding carboxylic acids is 3. The number of esters is 1. The van der Waals surface area contributed by atoms with E-state index >= 15 is 0 Å². The van der Waals surface area contributed by atoms with Crippen LogP contribution in [0.25, 0.3) is 0 Å². The smallest absolute Gasteiger partial charge is 0.341 e. The van der Waals surface area contributed by atoms with Gasteiger partial charge in [0.05, 0.1) is 5.56 Å². The summed E-state index contributed by atoms with van der Waals surface area (Å²) in [5.41, 5.74) is 1.84. The molecule has 1 atom stereocenters. The lowest BCUT2D eigenvalue weighted by molar-refractivity contribution is -0.124. The highest BCUT2D eigenvalue weighted by Gasteiger charge is 2.24. The molecule has 31 heavy (non-hydrogen) atoms. The van der Waals surface area contributed by atoms with Crippen LogP contribution in [0.4, 0.5) is 5.00 Å². The molecule has 8 nitrogen and oxygen atoms in total. The van der Waals surface area contributed by atoms with Crippen LogP contribution in [0.3, 0.4) is 0 Å². The van der Waals surface area contributed by atoms with Gasteiger partial charge in [0.1, 0.15) is 16.9 Å². The van der Waals surface area contributed by atoms with Gasteiger partial charge in [-0.2, -0.15) is 0 Å². The quantitative estimate of drug-likeness (QED) is 0.550. The van der Waals surface area contributed by atoms with Crippen molar-refractivity contribution in [3.05, 3.63) is 70.1 Å².